The standard InChI is InChI=1S/C11H11Cl2N3S/c1-2-14-11(9-6-15-17-16-9)7-4-3-5-8(12)10(7)13/h3-6,11,14H,2H2,1H3. The second-order valence-corrected chi connectivity index (χ2v) is 4.81. The lowest BCUT2D eigenvalue weighted by Gasteiger charge is -2.17. The van der Waals surface area contributed by atoms with Crippen molar-refractivity contribution in [2.75, 3.05) is 6.54 Å². The van der Waals surface area contributed by atoms with Crippen LogP contribution in [0.3, 0.4) is 0 Å². The van der Waals surface area contributed by atoms with Gasteiger partial charge in [0.05, 0.1) is 39.7 Å². The zero-order valence-corrected chi connectivity index (χ0v) is 11.5. The Labute approximate surface area is 114 Å². The zero-order chi connectivity index (χ0) is 12.3. The van der Waals surface area contributed by atoms with Crippen molar-refractivity contribution in [2.45, 2.75) is 13.0 Å². The highest BCUT2D eigenvalue weighted by Crippen LogP contribution is 2.32. The fourth-order valence-electron chi connectivity index (χ4n) is 1.62. The van der Waals surface area contributed by atoms with Gasteiger partial charge in [0.15, 0.2) is 0 Å². The van der Waals surface area contributed by atoms with Crippen molar-refractivity contribution in [3.05, 3.63) is 45.7 Å². The molecule has 90 valence electrons. The second kappa shape index (κ2) is 5.78. The van der Waals surface area contributed by atoms with Gasteiger partial charge in [-0.15, -0.1) is 0 Å². The number of nitrogens with zero attached hydrogens (tertiary/aromatic N) is 2. The first-order chi connectivity index (χ1) is 8.24. The third-order valence-electron chi connectivity index (χ3n) is 2.37. The van der Waals surface area contributed by atoms with E-state index in [1.165, 1.54) is 11.7 Å². The van der Waals surface area contributed by atoms with E-state index in [4.69, 9.17) is 23.2 Å². The molecule has 1 heterocycles. The smallest absolute Gasteiger partial charge is 0.0958 e. The lowest BCUT2D eigenvalue weighted by Crippen LogP contribution is -2.22. The van der Waals surface area contributed by atoms with Gasteiger partial charge in [-0.05, 0) is 18.2 Å². The van der Waals surface area contributed by atoms with Gasteiger partial charge in [0, 0.05) is 0 Å². The van der Waals surface area contributed by atoms with Gasteiger partial charge < -0.3 is 5.32 Å². The number of benzene rings is 1. The van der Waals surface area contributed by atoms with Crippen LogP contribution in [0.15, 0.2) is 24.4 Å². The summed E-state index contributed by atoms with van der Waals surface area (Å²) >= 11 is 13.4. The second-order valence-electron chi connectivity index (χ2n) is 3.47. The Morgan fingerprint density at radius 3 is 2.88 bits per heavy atom. The monoisotopic (exact) mass is 287 g/mol. The van der Waals surface area contributed by atoms with E-state index in [2.05, 4.69) is 14.1 Å². The van der Waals surface area contributed by atoms with E-state index in [1.54, 1.807) is 12.3 Å². The summed E-state index contributed by atoms with van der Waals surface area (Å²) in [4.78, 5) is 0. The van der Waals surface area contributed by atoms with Crippen LogP contribution in [0.25, 0.3) is 0 Å². The Morgan fingerprint density at radius 1 is 1.41 bits per heavy atom. The third-order valence-corrected chi connectivity index (χ3v) is 3.70. The maximum absolute atomic E-state index is 6.22. The lowest BCUT2D eigenvalue weighted by atomic mass is 10.0. The molecule has 6 heteroatoms. The van der Waals surface area contributed by atoms with Crippen LogP contribution in [0.4, 0.5) is 0 Å². The molecule has 1 aromatic heterocycles. The Hall–Kier alpha value is -0.680. The number of rotatable bonds is 4. The van der Waals surface area contributed by atoms with Crippen molar-refractivity contribution in [2.24, 2.45) is 0 Å². The summed E-state index contributed by atoms with van der Waals surface area (Å²) in [7, 11) is 0. The summed E-state index contributed by atoms with van der Waals surface area (Å²) < 4.78 is 8.27. The van der Waals surface area contributed by atoms with E-state index in [9.17, 15) is 0 Å². The number of hydrogen-bond acceptors (Lipinski definition) is 4. The SMILES string of the molecule is CCNC(c1cnsn1)c1cccc(Cl)c1Cl. The molecule has 1 N–H and O–H groups in total. The van der Waals surface area contributed by atoms with Crippen LogP contribution in [0.1, 0.15) is 24.2 Å². The van der Waals surface area contributed by atoms with Crippen molar-refractivity contribution < 1.29 is 0 Å². The van der Waals surface area contributed by atoms with E-state index in [1.807, 2.05) is 19.1 Å². The van der Waals surface area contributed by atoms with Crippen molar-refractivity contribution >= 4 is 34.9 Å². The minimum Gasteiger partial charge on any atom is -0.305 e. The maximum atomic E-state index is 6.22. The highest BCUT2D eigenvalue weighted by atomic mass is 35.5. The van der Waals surface area contributed by atoms with Gasteiger partial charge in [-0.2, -0.15) is 8.75 Å². The molecule has 0 aliphatic rings. The molecule has 0 amide bonds. The van der Waals surface area contributed by atoms with E-state index in [0.717, 1.165) is 17.8 Å². The predicted molar refractivity (Wildman–Crippen MR) is 71.9 cm³/mol. The minimum atomic E-state index is -0.0649. The largest absolute Gasteiger partial charge is 0.305 e. The summed E-state index contributed by atoms with van der Waals surface area (Å²) in [5.74, 6) is 0. The molecule has 0 aliphatic carbocycles. The number of aromatic nitrogens is 2. The summed E-state index contributed by atoms with van der Waals surface area (Å²) in [5.41, 5.74) is 1.79. The molecule has 0 saturated carbocycles. The highest BCUT2D eigenvalue weighted by Gasteiger charge is 2.19. The fourth-order valence-corrected chi connectivity index (χ4v) is 2.49. The summed E-state index contributed by atoms with van der Waals surface area (Å²) in [5, 5.41) is 4.44. The molecule has 0 spiro atoms. The fraction of sp³-hybridized carbons (Fsp3) is 0.273. The molecular formula is C11H11Cl2N3S. The van der Waals surface area contributed by atoms with Crippen LogP contribution >= 0.6 is 34.9 Å². The van der Waals surface area contributed by atoms with Crippen molar-refractivity contribution in [3.63, 3.8) is 0 Å². The molecule has 2 aromatic rings. The Morgan fingerprint density at radius 2 is 2.24 bits per heavy atom. The topological polar surface area (TPSA) is 37.8 Å². The van der Waals surface area contributed by atoms with Crippen molar-refractivity contribution in [3.8, 4) is 0 Å². The van der Waals surface area contributed by atoms with Gasteiger partial charge in [-0.25, -0.2) is 0 Å². The van der Waals surface area contributed by atoms with E-state index in [0.29, 0.717) is 10.0 Å². The number of nitrogens with one attached hydrogen (secondary N) is 1. The summed E-state index contributed by atoms with van der Waals surface area (Å²) in [6.07, 6.45) is 1.75. The Bertz CT molecular complexity index is 487. The van der Waals surface area contributed by atoms with Gasteiger partial charge >= 0.3 is 0 Å². The molecule has 1 atom stereocenters. The molecule has 1 aromatic carbocycles. The van der Waals surface area contributed by atoms with Gasteiger partial charge in [-0.3, -0.25) is 0 Å². The average molecular weight is 288 g/mol. The average Bonchev–Trinajstić information content (AvgIpc) is 2.84. The molecule has 0 saturated heterocycles. The van der Waals surface area contributed by atoms with Crippen molar-refractivity contribution in [1.82, 2.24) is 14.1 Å². The minimum absolute atomic E-state index is 0.0649. The van der Waals surface area contributed by atoms with Crippen LogP contribution < -0.4 is 5.32 Å². The molecule has 0 bridgehead atoms. The van der Waals surface area contributed by atoms with Gasteiger partial charge in [0.25, 0.3) is 0 Å². The van der Waals surface area contributed by atoms with E-state index in [-0.39, 0.29) is 6.04 Å². The Kier molecular flexibility index (Phi) is 4.34. The molecular weight excluding hydrogens is 277 g/mol. The van der Waals surface area contributed by atoms with Crippen LogP contribution in [-0.2, 0) is 0 Å². The van der Waals surface area contributed by atoms with E-state index >= 15 is 0 Å². The molecule has 0 aliphatic heterocycles. The number of halogens is 2. The molecule has 0 fully saturated rings. The zero-order valence-electron chi connectivity index (χ0n) is 9.15. The first kappa shape index (κ1) is 12.8. The first-order valence-corrected chi connectivity index (χ1v) is 6.67. The normalized spacial score (nSPS) is 12.6. The first-order valence-electron chi connectivity index (χ1n) is 5.18. The lowest BCUT2D eigenvalue weighted by molar-refractivity contribution is 0.620. The molecule has 1 unspecified atom stereocenters. The van der Waals surface area contributed by atoms with Crippen LogP contribution in [0, 0.1) is 0 Å². The van der Waals surface area contributed by atoms with Crippen molar-refractivity contribution in [1.29, 1.82) is 0 Å². The summed E-state index contributed by atoms with van der Waals surface area (Å²) in [6.45, 7) is 2.84. The van der Waals surface area contributed by atoms with Crippen LogP contribution in [0.5, 0.6) is 0 Å². The third kappa shape index (κ3) is 2.77. The van der Waals surface area contributed by atoms with Gasteiger partial charge in [0.2, 0.25) is 0 Å². The molecule has 0 radical (unpaired) electrons. The molecule has 17 heavy (non-hydrogen) atoms. The molecule has 2 rings (SSSR count). The van der Waals surface area contributed by atoms with Gasteiger partial charge in [0.1, 0.15) is 0 Å². The molecule has 3 nitrogen and oxygen atoms in total. The van der Waals surface area contributed by atoms with E-state index < -0.39 is 0 Å². The number of hydrogen-bond donors (Lipinski definition) is 1. The Balaban J connectivity index is 2.43. The quantitative estimate of drug-likeness (QED) is 0.935. The highest BCUT2D eigenvalue weighted by molar-refractivity contribution is 6.99. The van der Waals surface area contributed by atoms with Crippen LogP contribution in [0.2, 0.25) is 10.0 Å². The predicted octanol–water partition coefficient (Wildman–Crippen LogP) is 3.54. The van der Waals surface area contributed by atoms with Gasteiger partial charge in [-0.1, -0.05) is 42.3 Å². The summed E-state index contributed by atoms with van der Waals surface area (Å²) in [6, 6.07) is 5.54. The van der Waals surface area contributed by atoms with Crippen LogP contribution in [-0.4, -0.2) is 15.3 Å². The maximum Gasteiger partial charge on any atom is 0.0958 e.